The molecule has 82 valence electrons. The summed E-state index contributed by atoms with van der Waals surface area (Å²) in [7, 11) is 1.48. The number of carbonyl (C=O) groups is 1. The molecule has 14 heavy (non-hydrogen) atoms. The van der Waals surface area contributed by atoms with E-state index in [1.54, 1.807) is 0 Å². The summed E-state index contributed by atoms with van der Waals surface area (Å²) >= 11 is 0. The van der Waals surface area contributed by atoms with Gasteiger partial charge in [-0.05, 0) is 44.6 Å². The highest BCUT2D eigenvalue weighted by Crippen LogP contribution is 2.42. The highest BCUT2D eigenvalue weighted by Gasteiger charge is 2.40. The molecule has 0 bridgehead atoms. The van der Waals surface area contributed by atoms with Crippen molar-refractivity contribution in [1.82, 2.24) is 0 Å². The minimum absolute atomic E-state index is 0.0320. The molecule has 3 heteroatoms. The first-order valence-corrected chi connectivity index (χ1v) is 5.47. The van der Waals surface area contributed by atoms with Gasteiger partial charge < -0.3 is 10.5 Å². The second-order valence-corrected chi connectivity index (χ2v) is 4.30. The number of ether oxygens (including phenoxy) is 1. The van der Waals surface area contributed by atoms with Crippen LogP contribution in [0.4, 0.5) is 0 Å². The van der Waals surface area contributed by atoms with E-state index in [-0.39, 0.29) is 11.4 Å². The van der Waals surface area contributed by atoms with E-state index in [0.717, 1.165) is 38.6 Å². The molecule has 0 radical (unpaired) electrons. The van der Waals surface area contributed by atoms with E-state index in [0.29, 0.717) is 5.92 Å². The van der Waals surface area contributed by atoms with Crippen LogP contribution in [0.3, 0.4) is 0 Å². The monoisotopic (exact) mass is 199 g/mol. The first-order valence-electron chi connectivity index (χ1n) is 5.47. The van der Waals surface area contributed by atoms with E-state index in [9.17, 15) is 4.79 Å². The smallest absolute Gasteiger partial charge is 0.311 e. The van der Waals surface area contributed by atoms with Crippen molar-refractivity contribution in [1.29, 1.82) is 0 Å². The van der Waals surface area contributed by atoms with Crippen LogP contribution in [0.15, 0.2) is 0 Å². The van der Waals surface area contributed by atoms with Crippen LogP contribution >= 0.6 is 0 Å². The molecular weight excluding hydrogens is 178 g/mol. The van der Waals surface area contributed by atoms with Crippen molar-refractivity contribution in [2.75, 3.05) is 13.7 Å². The Hall–Kier alpha value is -0.570. The fourth-order valence-electron chi connectivity index (χ4n) is 2.38. The van der Waals surface area contributed by atoms with Crippen LogP contribution < -0.4 is 5.73 Å². The van der Waals surface area contributed by atoms with Gasteiger partial charge in [-0.15, -0.1) is 0 Å². The maximum absolute atomic E-state index is 11.7. The van der Waals surface area contributed by atoms with Gasteiger partial charge in [-0.3, -0.25) is 4.79 Å². The van der Waals surface area contributed by atoms with Gasteiger partial charge in [0.05, 0.1) is 12.5 Å². The van der Waals surface area contributed by atoms with Crippen LogP contribution in [0.1, 0.15) is 39.0 Å². The first kappa shape index (κ1) is 11.5. The van der Waals surface area contributed by atoms with Gasteiger partial charge in [0.25, 0.3) is 0 Å². The van der Waals surface area contributed by atoms with Crippen molar-refractivity contribution in [3.05, 3.63) is 0 Å². The first-order chi connectivity index (χ1) is 6.68. The Kier molecular flexibility index (Phi) is 3.93. The lowest BCUT2D eigenvalue weighted by atomic mass is 9.69. The average Bonchev–Trinajstić information content (AvgIpc) is 2.28. The molecule has 1 fully saturated rings. The highest BCUT2D eigenvalue weighted by atomic mass is 16.5. The summed E-state index contributed by atoms with van der Waals surface area (Å²) in [4.78, 5) is 11.7. The Morgan fingerprint density at radius 2 is 2.07 bits per heavy atom. The zero-order valence-corrected chi connectivity index (χ0v) is 9.21. The molecule has 2 N–H and O–H groups in total. The predicted octanol–water partition coefficient (Wildman–Crippen LogP) is 1.70. The molecule has 0 aromatic heterocycles. The molecule has 0 heterocycles. The number of nitrogens with two attached hydrogens (primary N) is 1. The molecule has 0 aromatic rings. The molecule has 0 unspecified atom stereocenters. The second kappa shape index (κ2) is 4.78. The summed E-state index contributed by atoms with van der Waals surface area (Å²) in [5, 5.41) is 0. The molecule has 0 saturated heterocycles. The number of hydrogen-bond donors (Lipinski definition) is 1. The van der Waals surface area contributed by atoms with Gasteiger partial charge in [0.2, 0.25) is 0 Å². The third-order valence-corrected chi connectivity index (χ3v) is 3.69. The van der Waals surface area contributed by atoms with E-state index >= 15 is 0 Å². The fraction of sp³-hybridized carbons (Fsp3) is 0.909. The molecule has 0 aromatic carbocycles. The Balaban J connectivity index is 2.61. The summed E-state index contributed by atoms with van der Waals surface area (Å²) in [5.41, 5.74) is 5.42. The van der Waals surface area contributed by atoms with Gasteiger partial charge >= 0.3 is 5.97 Å². The Morgan fingerprint density at radius 3 is 2.43 bits per heavy atom. The summed E-state index contributed by atoms with van der Waals surface area (Å²) in [6, 6.07) is 0. The van der Waals surface area contributed by atoms with Crippen molar-refractivity contribution in [2.45, 2.75) is 39.0 Å². The van der Waals surface area contributed by atoms with Gasteiger partial charge in [0.1, 0.15) is 0 Å². The Bertz CT molecular complexity index is 195. The lowest BCUT2D eigenvalue weighted by Crippen LogP contribution is -2.37. The summed E-state index contributed by atoms with van der Waals surface area (Å²) in [6.45, 7) is 2.82. The summed E-state index contributed by atoms with van der Waals surface area (Å²) in [5.74, 6) is 0.579. The van der Waals surface area contributed by atoms with E-state index in [2.05, 4.69) is 6.92 Å². The van der Waals surface area contributed by atoms with Crippen molar-refractivity contribution in [2.24, 2.45) is 17.1 Å². The topological polar surface area (TPSA) is 52.3 Å². The normalized spacial score (nSPS) is 32.6. The third kappa shape index (κ3) is 2.08. The van der Waals surface area contributed by atoms with Crippen LogP contribution in [-0.2, 0) is 9.53 Å². The van der Waals surface area contributed by atoms with Gasteiger partial charge in [-0.1, -0.05) is 6.92 Å². The van der Waals surface area contributed by atoms with Crippen LogP contribution in [0.5, 0.6) is 0 Å². The number of hydrogen-bond acceptors (Lipinski definition) is 3. The lowest BCUT2D eigenvalue weighted by molar-refractivity contribution is -0.155. The van der Waals surface area contributed by atoms with Crippen molar-refractivity contribution >= 4 is 5.97 Å². The molecule has 1 aliphatic carbocycles. The Labute approximate surface area is 86.0 Å². The molecule has 0 aliphatic heterocycles. The molecule has 1 saturated carbocycles. The van der Waals surface area contributed by atoms with E-state index in [4.69, 9.17) is 10.5 Å². The zero-order valence-electron chi connectivity index (χ0n) is 9.21. The molecule has 1 aliphatic rings. The minimum atomic E-state index is -0.208. The standard InChI is InChI=1S/C11H21NO2/c1-3-11(10(13)14-2)6-4-9(8-12)5-7-11/h9H,3-8,12H2,1-2H3. The molecule has 0 atom stereocenters. The van der Waals surface area contributed by atoms with Crippen molar-refractivity contribution in [3.8, 4) is 0 Å². The molecule has 1 rings (SSSR count). The maximum atomic E-state index is 11.7. The SMILES string of the molecule is CCC1(C(=O)OC)CCC(CN)CC1. The van der Waals surface area contributed by atoms with Gasteiger partial charge in [0.15, 0.2) is 0 Å². The van der Waals surface area contributed by atoms with Crippen molar-refractivity contribution < 1.29 is 9.53 Å². The molecule has 0 amide bonds. The van der Waals surface area contributed by atoms with E-state index in [1.807, 2.05) is 0 Å². The number of rotatable bonds is 3. The maximum Gasteiger partial charge on any atom is 0.311 e. The predicted molar refractivity (Wildman–Crippen MR) is 55.8 cm³/mol. The lowest BCUT2D eigenvalue weighted by Gasteiger charge is -2.36. The third-order valence-electron chi connectivity index (χ3n) is 3.69. The highest BCUT2D eigenvalue weighted by molar-refractivity contribution is 5.76. The number of methoxy groups -OCH3 is 1. The molecule has 0 spiro atoms. The van der Waals surface area contributed by atoms with Crippen LogP contribution in [-0.4, -0.2) is 19.6 Å². The average molecular weight is 199 g/mol. The van der Waals surface area contributed by atoms with Gasteiger partial charge in [-0.2, -0.15) is 0 Å². The van der Waals surface area contributed by atoms with Gasteiger partial charge in [-0.25, -0.2) is 0 Å². The number of carbonyl (C=O) groups excluding carboxylic acids is 1. The number of esters is 1. The molecule has 3 nitrogen and oxygen atoms in total. The van der Waals surface area contributed by atoms with Crippen LogP contribution in [0.2, 0.25) is 0 Å². The van der Waals surface area contributed by atoms with Crippen molar-refractivity contribution in [3.63, 3.8) is 0 Å². The summed E-state index contributed by atoms with van der Waals surface area (Å²) < 4.78 is 4.88. The minimum Gasteiger partial charge on any atom is -0.469 e. The largest absolute Gasteiger partial charge is 0.469 e. The quantitative estimate of drug-likeness (QED) is 0.704. The Morgan fingerprint density at radius 1 is 1.50 bits per heavy atom. The van der Waals surface area contributed by atoms with Crippen LogP contribution in [0.25, 0.3) is 0 Å². The van der Waals surface area contributed by atoms with E-state index in [1.165, 1.54) is 7.11 Å². The van der Waals surface area contributed by atoms with Gasteiger partial charge in [0, 0.05) is 0 Å². The van der Waals surface area contributed by atoms with E-state index < -0.39 is 0 Å². The second-order valence-electron chi connectivity index (χ2n) is 4.30. The fourth-order valence-corrected chi connectivity index (χ4v) is 2.38. The zero-order chi connectivity index (χ0) is 10.6. The molecular formula is C11H21NO2. The summed E-state index contributed by atoms with van der Waals surface area (Å²) in [6.07, 6.45) is 4.91. The van der Waals surface area contributed by atoms with Crippen LogP contribution in [0, 0.1) is 11.3 Å².